The first-order valence-corrected chi connectivity index (χ1v) is 4.42. The summed E-state index contributed by atoms with van der Waals surface area (Å²) in [6.45, 7) is 3.57. The largest absolute Gasteiger partial charge is 0.392 e. The Kier molecular flexibility index (Phi) is 6.29. The van der Waals surface area contributed by atoms with E-state index in [4.69, 9.17) is 15.5 Å². The number of nitriles is 1. The highest BCUT2D eigenvalue weighted by molar-refractivity contribution is 5.28. The highest BCUT2D eigenvalue weighted by Gasteiger charge is 2.02. The lowest BCUT2D eigenvalue weighted by Crippen LogP contribution is -1.99. The summed E-state index contributed by atoms with van der Waals surface area (Å²) in [7, 11) is 0. The fraction of sp³-hybridized carbons (Fsp3) is 0.400. The molecule has 0 saturated heterocycles. The van der Waals surface area contributed by atoms with Crippen LogP contribution in [0.4, 0.5) is 0 Å². The number of nitrogens with zero attached hydrogens (tertiary/aromatic N) is 2. The molecule has 1 aromatic rings. The number of pyridine rings is 1. The average molecular weight is 194 g/mol. The molecule has 76 valence electrons. The van der Waals surface area contributed by atoms with Gasteiger partial charge in [0.2, 0.25) is 0 Å². The summed E-state index contributed by atoms with van der Waals surface area (Å²) >= 11 is 0. The Morgan fingerprint density at radius 3 is 2.36 bits per heavy atom. The smallest absolute Gasteiger partial charge is 0.140 e. The lowest BCUT2D eigenvalue weighted by atomic mass is 10.2. The van der Waals surface area contributed by atoms with Crippen LogP contribution in [0.15, 0.2) is 12.1 Å². The molecule has 0 bridgehead atoms. The highest BCUT2D eigenvalue weighted by Crippen LogP contribution is 2.07. The third-order valence-electron chi connectivity index (χ3n) is 1.50. The number of aliphatic hydroxyl groups excluding tert-OH is 2. The number of rotatable bonds is 2. The molecule has 0 unspecified atom stereocenters. The molecule has 0 aromatic carbocycles. The monoisotopic (exact) mass is 194 g/mol. The molecular weight excluding hydrogens is 180 g/mol. The van der Waals surface area contributed by atoms with Crippen molar-refractivity contribution in [1.82, 2.24) is 4.98 Å². The first kappa shape index (κ1) is 12.6. The fourth-order valence-corrected chi connectivity index (χ4v) is 0.873. The van der Waals surface area contributed by atoms with Gasteiger partial charge in [-0.2, -0.15) is 5.26 Å². The first-order chi connectivity index (χ1) is 6.81. The topological polar surface area (TPSA) is 77.1 Å². The van der Waals surface area contributed by atoms with Crippen LogP contribution in [0.2, 0.25) is 0 Å². The van der Waals surface area contributed by atoms with Crippen molar-refractivity contribution in [2.75, 3.05) is 0 Å². The predicted molar refractivity (Wildman–Crippen MR) is 52.1 cm³/mol. The Morgan fingerprint density at radius 1 is 1.29 bits per heavy atom. The Balaban J connectivity index is 0.000000791. The van der Waals surface area contributed by atoms with E-state index in [2.05, 4.69) is 4.98 Å². The molecule has 0 spiro atoms. The summed E-state index contributed by atoms with van der Waals surface area (Å²) in [4.78, 5) is 3.81. The van der Waals surface area contributed by atoms with Crippen LogP contribution < -0.4 is 0 Å². The summed E-state index contributed by atoms with van der Waals surface area (Å²) in [5.74, 6) is 0. The van der Waals surface area contributed by atoms with Crippen LogP contribution in [0, 0.1) is 11.3 Å². The number of aliphatic hydroxyl groups is 2. The maximum atomic E-state index is 8.79. The number of aromatic nitrogens is 1. The zero-order valence-electron chi connectivity index (χ0n) is 8.36. The quantitative estimate of drug-likeness (QED) is 0.735. The minimum absolute atomic E-state index is 0.172. The van der Waals surface area contributed by atoms with Crippen LogP contribution in [0.3, 0.4) is 0 Å². The minimum atomic E-state index is -0.259. The van der Waals surface area contributed by atoms with Gasteiger partial charge in [-0.1, -0.05) is 19.9 Å². The van der Waals surface area contributed by atoms with Crippen molar-refractivity contribution in [3.8, 4) is 6.07 Å². The van der Waals surface area contributed by atoms with Gasteiger partial charge in [0.25, 0.3) is 0 Å². The van der Waals surface area contributed by atoms with Gasteiger partial charge in [0.15, 0.2) is 0 Å². The fourth-order valence-electron chi connectivity index (χ4n) is 0.873. The average Bonchev–Trinajstić information content (AvgIpc) is 2.30. The molecule has 0 radical (unpaired) electrons. The molecule has 0 amide bonds. The van der Waals surface area contributed by atoms with Crippen LogP contribution in [0.25, 0.3) is 0 Å². The molecule has 0 fully saturated rings. The predicted octanol–water partition coefficient (Wildman–Crippen LogP) is 0.964. The molecule has 1 aromatic heterocycles. The van der Waals surface area contributed by atoms with Gasteiger partial charge in [0, 0.05) is 5.56 Å². The van der Waals surface area contributed by atoms with E-state index in [1.807, 2.05) is 19.9 Å². The number of hydrogen-bond donors (Lipinski definition) is 2. The van der Waals surface area contributed by atoms with Crippen molar-refractivity contribution in [3.63, 3.8) is 0 Å². The summed E-state index contributed by atoms with van der Waals surface area (Å²) in [5.41, 5.74) is 1.16. The van der Waals surface area contributed by atoms with Gasteiger partial charge in [0.05, 0.1) is 18.9 Å². The second-order valence-electron chi connectivity index (χ2n) is 2.23. The summed E-state index contributed by atoms with van der Waals surface area (Å²) < 4.78 is 0. The zero-order chi connectivity index (χ0) is 11.0. The zero-order valence-corrected chi connectivity index (χ0v) is 8.36. The third-order valence-corrected chi connectivity index (χ3v) is 1.50. The molecule has 2 N–H and O–H groups in total. The van der Waals surface area contributed by atoms with E-state index in [9.17, 15) is 0 Å². The van der Waals surface area contributed by atoms with Crippen molar-refractivity contribution in [3.05, 3.63) is 29.1 Å². The van der Waals surface area contributed by atoms with Crippen molar-refractivity contribution < 1.29 is 10.2 Å². The molecule has 1 rings (SSSR count). The minimum Gasteiger partial charge on any atom is -0.392 e. The van der Waals surface area contributed by atoms with Gasteiger partial charge in [-0.25, -0.2) is 4.98 Å². The summed E-state index contributed by atoms with van der Waals surface area (Å²) in [5, 5.41) is 26.0. The molecule has 0 aliphatic rings. The summed E-state index contributed by atoms with van der Waals surface area (Å²) in [6.07, 6.45) is 0. The van der Waals surface area contributed by atoms with Gasteiger partial charge < -0.3 is 10.2 Å². The second-order valence-corrected chi connectivity index (χ2v) is 2.23. The maximum Gasteiger partial charge on any atom is 0.140 e. The van der Waals surface area contributed by atoms with E-state index in [1.165, 1.54) is 6.07 Å². The van der Waals surface area contributed by atoms with Gasteiger partial charge in [0.1, 0.15) is 11.8 Å². The highest BCUT2D eigenvalue weighted by atomic mass is 16.3. The second kappa shape index (κ2) is 7.01. The molecule has 0 atom stereocenters. The Bertz CT molecular complexity index is 318. The standard InChI is InChI=1S/C8H8N2O2.C2H6/c9-3-7-2-1-6(4-11)8(5-12)10-7;1-2/h1-2,11-12H,4-5H2;1-2H3. The van der Waals surface area contributed by atoms with Gasteiger partial charge >= 0.3 is 0 Å². The van der Waals surface area contributed by atoms with E-state index in [0.29, 0.717) is 11.3 Å². The van der Waals surface area contributed by atoms with Crippen LogP contribution in [-0.2, 0) is 13.2 Å². The maximum absolute atomic E-state index is 8.79. The molecule has 14 heavy (non-hydrogen) atoms. The SMILES string of the molecule is CC.N#Cc1ccc(CO)c(CO)n1. The lowest BCUT2D eigenvalue weighted by molar-refractivity contribution is 0.255. The van der Waals surface area contributed by atoms with E-state index >= 15 is 0 Å². The first-order valence-electron chi connectivity index (χ1n) is 4.42. The Morgan fingerprint density at radius 2 is 1.93 bits per heavy atom. The normalized spacial score (nSPS) is 8.50. The molecule has 4 nitrogen and oxygen atoms in total. The molecule has 1 heterocycles. The van der Waals surface area contributed by atoms with E-state index in [0.717, 1.165) is 0 Å². The number of hydrogen-bond acceptors (Lipinski definition) is 4. The van der Waals surface area contributed by atoms with E-state index in [-0.39, 0.29) is 18.9 Å². The summed E-state index contributed by atoms with van der Waals surface area (Å²) in [6, 6.07) is 4.93. The van der Waals surface area contributed by atoms with Crippen molar-refractivity contribution in [1.29, 1.82) is 5.26 Å². The van der Waals surface area contributed by atoms with E-state index in [1.54, 1.807) is 6.07 Å². The van der Waals surface area contributed by atoms with Crippen LogP contribution in [0.1, 0.15) is 30.8 Å². The van der Waals surface area contributed by atoms with Crippen LogP contribution in [-0.4, -0.2) is 15.2 Å². The van der Waals surface area contributed by atoms with Gasteiger partial charge in [-0.3, -0.25) is 0 Å². The molecular formula is C10H14N2O2. The van der Waals surface area contributed by atoms with Crippen LogP contribution in [0.5, 0.6) is 0 Å². The Hall–Kier alpha value is -1.44. The van der Waals surface area contributed by atoms with Crippen LogP contribution >= 0.6 is 0 Å². The van der Waals surface area contributed by atoms with E-state index < -0.39 is 0 Å². The van der Waals surface area contributed by atoms with Gasteiger partial charge in [-0.05, 0) is 6.07 Å². The third kappa shape index (κ3) is 3.13. The van der Waals surface area contributed by atoms with Crippen molar-refractivity contribution in [2.45, 2.75) is 27.1 Å². The van der Waals surface area contributed by atoms with Crippen molar-refractivity contribution >= 4 is 0 Å². The Labute approximate surface area is 83.5 Å². The van der Waals surface area contributed by atoms with Gasteiger partial charge in [-0.15, -0.1) is 0 Å². The van der Waals surface area contributed by atoms with Crippen molar-refractivity contribution in [2.24, 2.45) is 0 Å². The molecule has 0 aliphatic heterocycles. The molecule has 0 aliphatic carbocycles. The molecule has 0 saturated carbocycles. The molecule has 4 heteroatoms. The lowest BCUT2D eigenvalue weighted by Gasteiger charge is -2.02.